The number of anilines is 3. The van der Waals surface area contributed by atoms with Gasteiger partial charge in [-0.25, -0.2) is 15.0 Å². The smallest absolute Gasteiger partial charge is 0.236 e. The zero-order valence-electron chi connectivity index (χ0n) is 12.1. The van der Waals surface area contributed by atoms with Crippen LogP contribution in [0.2, 0.25) is 0 Å². The number of hydrogen-bond donors (Lipinski definition) is 2. The Morgan fingerprint density at radius 2 is 2.05 bits per heavy atom. The van der Waals surface area contributed by atoms with Gasteiger partial charge in [0.2, 0.25) is 11.9 Å². The van der Waals surface area contributed by atoms with Crippen LogP contribution in [0.15, 0.2) is 36.8 Å². The van der Waals surface area contributed by atoms with Crippen molar-refractivity contribution in [1.29, 1.82) is 0 Å². The first-order valence-corrected chi connectivity index (χ1v) is 6.59. The molecule has 3 heterocycles. The molecule has 2 N–H and O–H groups in total. The summed E-state index contributed by atoms with van der Waals surface area (Å²) in [4.78, 5) is 12.1. The first-order valence-electron chi connectivity index (χ1n) is 6.59. The number of pyridine rings is 1. The Labute approximate surface area is 126 Å². The van der Waals surface area contributed by atoms with Gasteiger partial charge in [-0.3, -0.25) is 4.68 Å². The van der Waals surface area contributed by atoms with E-state index in [9.17, 15) is 4.39 Å². The Morgan fingerprint density at radius 3 is 2.82 bits per heavy atom. The predicted octanol–water partition coefficient (Wildman–Crippen LogP) is 2.20. The lowest BCUT2D eigenvalue weighted by Crippen LogP contribution is -2.02. The second-order valence-corrected chi connectivity index (χ2v) is 4.51. The van der Waals surface area contributed by atoms with Gasteiger partial charge >= 0.3 is 0 Å². The molecule has 0 saturated carbocycles. The fraction of sp³-hybridized carbons (Fsp3) is 0.143. The van der Waals surface area contributed by atoms with Crippen LogP contribution in [0.4, 0.5) is 21.8 Å². The van der Waals surface area contributed by atoms with Gasteiger partial charge in [-0.15, -0.1) is 0 Å². The number of rotatable bonds is 4. The third-order valence-corrected chi connectivity index (χ3v) is 3.11. The zero-order chi connectivity index (χ0) is 15.5. The van der Waals surface area contributed by atoms with Crippen molar-refractivity contribution in [1.82, 2.24) is 24.7 Å². The number of halogens is 1. The summed E-state index contributed by atoms with van der Waals surface area (Å²) in [5.74, 6) is 0.515. The predicted molar refractivity (Wildman–Crippen MR) is 81.3 cm³/mol. The second-order valence-electron chi connectivity index (χ2n) is 4.51. The maximum absolute atomic E-state index is 13.6. The van der Waals surface area contributed by atoms with Crippen molar-refractivity contribution in [3.63, 3.8) is 0 Å². The third-order valence-electron chi connectivity index (χ3n) is 3.11. The summed E-state index contributed by atoms with van der Waals surface area (Å²) in [6.45, 7) is 0. The Bertz CT molecular complexity index is 799. The fourth-order valence-corrected chi connectivity index (χ4v) is 2.09. The van der Waals surface area contributed by atoms with Crippen LogP contribution in [0.1, 0.15) is 0 Å². The maximum Gasteiger partial charge on any atom is 0.236 e. The van der Waals surface area contributed by atoms with Gasteiger partial charge in [0, 0.05) is 26.5 Å². The zero-order valence-corrected chi connectivity index (χ0v) is 12.1. The molecule has 0 amide bonds. The van der Waals surface area contributed by atoms with E-state index in [1.165, 1.54) is 6.20 Å². The highest BCUT2D eigenvalue weighted by atomic mass is 19.1. The molecule has 0 aliphatic carbocycles. The number of aromatic nitrogens is 5. The van der Waals surface area contributed by atoms with Crippen LogP contribution >= 0.6 is 0 Å². The Hall–Kier alpha value is -3.03. The van der Waals surface area contributed by atoms with Crippen molar-refractivity contribution < 1.29 is 4.39 Å². The average molecular weight is 299 g/mol. The quantitative estimate of drug-likeness (QED) is 0.719. The Balaban J connectivity index is 1.95. The van der Waals surface area contributed by atoms with Crippen LogP contribution in [-0.4, -0.2) is 31.8 Å². The molecule has 0 saturated heterocycles. The van der Waals surface area contributed by atoms with Gasteiger partial charge in [-0.1, -0.05) is 0 Å². The van der Waals surface area contributed by atoms with Crippen LogP contribution in [0, 0.1) is 5.95 Å². The van der Waals surface area contributed by atoms with Crippen molar-refractivity contribution in [2.75, 3.05) is 17.7 Å². The van der Waals surface area contributed by atoms with E-state index in [0.29, 0.717) is 5.69 Å². The van der Waals surface area contributed by atoms with Gasteiger partial charge in [-0.05, 0) is 18.2 Å². The molecule has 0 radical (unpaired) electrons. The van der Waals surface area contributed by atoms with Gasteiger partial charge in [0.05, 0.1) is 23.1 Å². The summed E-state index contributed by atoms with van der Waals surface area (Å²) in [5.41, 5.74) is 1.74. The molecule has 0 atom stereocenters. The van der Waals surface area contributed by atoms with Crippen LogP contribution in [0.3, 0.4) is 0 Å². The summed E-state index contributed by atoms with van der Waals surface area (Å²) < 4.78 is 15.3. The van der Waals surface area contributed by atoms with Gasteiger partial charge < -0.3 is 10.6 Å². The molecule has 0 aliphatic rings. The summed E-state index contributed by atoms with van der Waals surface area (Å²) in [5, 5.41) is 10.1. The number of hydrogen-bond acceptors (Lipinski definition) is 6. The lowest BCUT2D eigenvalue weighted by atomic mass is 10.2. The lowest BCUT2D eigenvalue weighted by molar-refractivity contribution is 0.588. The average Bonchev–Trinajstić information content (AvgIpc) is 2.91. The van der Waals surface area contributed by atoms with E-state index in [2.05, 4.69) is 30.7 Å². The molecule has 0 aliphatic heterocycles. The minimum absolute atomic E-state index is 0.222. The second kappa shape index (κ2) is 5.76. The minimum atomic E-state index is -0.603. The number of nitrogens with zero attached hydrogens (tertiary/aromatic N) is 5. The van der Waals surface area contributed by atoms with Gasteiger partial charge in [0.1, 0.15) is 5.82 Å². The number of aryl methyl sites for hydroxylation is 1. The summed E-state index contributed by atoms with van der Waals surface area (Å²) in [6, 6.07) is 4.97. The Kier molecular flexibility index (Phi) is 3.65. The van der Waals surface area contributed by atoms with E-state index >= 15 is 0 Å². The highest BCUT2D eigenvalue weighted by Gasteiger charge is 2.12. The van der Waals surface area contributed by atoms with E-state index in [-0.39, 0.29) is 11.6 Å². The third kappa shape index (κ3) is 2.58. The molecule has 112 valence electrons. The molecule has 0 bridgehead atoms. The first-order chi connectivity index (χ1) is 10.7. The Morgan fingerprint density at radius 1 is 1.18 bits per heavy atom. The van der Waals surface area contributed by atoms with Crippen LogP contribution < -0.4 is 10.6 Å². The summed E-state index contributed by atoms with van der Waals surface area (Å²) >= 11 is 0. The van der Waals surface area contributed by atoms with E-state index in [4.69, 9.17) is 0 Å². The molecule has 7 nitrogen and oxygen atoms in total. The maximum atomic E-state index is 13.6. The highest BCUT2D eigenvalue weighted by Crippen LogP contribution is 2.26. The molecule has 0 spiro atoms. The first kappa shape index (κ1) is 13.9. The van der Waals surface area contributed by atoms with Crippen LogP contribution in [0.5, 0.6) is 0 Å². The molecule has 3 aromatic rings. The van der Waals surface area contributed by atoms with Gasteiger partial charge in [-0.2, -0.15) is 9.49 Å². The van der Waals surface area contributed by atoms with Gasteiger partial charge in [0.25, 0.3) is 0 Å². The van der Waals surface area contributed by atoms with Crippen LogP contribution in [-0.2, 0) is 7.05 Å². The van der Waals surface area contributed by atoms with Crippen molar-refractivity contribution in [3.8, 4) is 11.3 Å². The molecule has 0 unspecified atom stereocenters. The van der Waals surface area contributed by atoms with Gasteiger partial charge in [0.15, 0.2) is 0 Å². The molecule has 0 aromatic carbocycles. The molecular weight excluding hydrogens is 285 g/mol. The standard InChI is InChI=1S/C14H14FN7/c1-16-13-9(8-19-22(13)2)10-5-7-18-14(20-10)21-11-4-3-6-17-12(11)15/h3-8,16H,1-2H3,(H,18,20,21). The van der Waals surface area contributed by atoms with E-state index in [1.54, 1.807) is 35.3 Å². The summed E-state index contributed by atoms with van der Waals surface area (Å²) in [6.07, 6.45) is 4.70. The number of nitrogens with one attached hydrogen (secondary N) is 2. The monoisotopic (exact) mass is 299 g/mol. The molecule has 22 heavy (non-hydrogen) atoms. The molecule has 3 rings (SSSR count). The molecular formula is C14H14FN7. The van der Waals surface area contributed by atoms with E-state index < -0.39 is 5.95 Å². The fourth-order valence-electron chi connectivity index (χ4n) is 2.09. The van der Waals surface area contributed by atoms with Crippen molar-refractivity contribution >= 4 is 17.5 Å². The molecule has 0 fully saturated rings. The highest BCUT2D eigenvalue weighted by molar-refractivity contribution is 5.72. The van der Waals surface area contributed by atoms with Crippen molar-refractivity contribution in [2.45, 2.75) is 0 Å². The minimum Gasteiger partial charge on any atom is -0.373 e. The summed E-state index contributed by atoms with van der Waals surface area (Å²) in [7, 11) is 3.65. The van der Waals surface area contributed by atoms with E-state index in [0.717, 1.165) is 11.4 Å². The topological polar surface area (TPSA) is 80.6 Å². The normalized spacial score (nSPS) is 10.5. The lowest BCUT2D eigenvalue weighted by Gasteiger charge is -2.07. The van der Waals surface area contributed by atoms with Crippen molar-refractivity contribution in [3.05, 3.63) is 42.7 Å². The largest absolute Gasteiger partial charge is 0.373 e. The SMILES string of the molecule is CNc1c(-c2ccnc(Nc3cccnc3F)n2)cnn1C. The molecule has 8 heteroatoms. The van der Waals surface area contributed by atoms with Crippen molar-refractivity contribution in [2.24, 2.45) is 7.05 Å². The van der Waals surface area contributed by atoms with Crippen LogP contribution in [0.25, 0.3) is 11.3 Å². The molecule has 3 aromatic heterocycles. The van der Waals surface area contributed by atoms with E-state index in [1.807, 2.05) is 14.1 Å².